The highest BCUT2D eigenvalue weighted by Gasteiger charge is 2.16. The van der Waals surface area contributed by atoms with E-state index in [4.69, 9.17) is 9.57 Å². The van der Waals surface area contributed by atoms with Gasteiger partial charge in [0.15, 0.2) is 0 Å². The molecule has 0 aliphatic heterocycles. The maximum Gasteiger partial charge on any atom is 0.307 e. The topological polar surface area (TPSA) is 47.6 Å². The highest BCUT2D eigenvalue weighted by Crippen LogP contribution is 2.16. The number of hydroxylamine groups is 1. The van der Waals surface area contributed by atoms with E-state index in [0.29, 0.717) is 6.61 Å². The van der Waals surface area contributed by atoms with E-state index in [9.17, 15) is 4.79 Å². The molecule has 0 aliphatic rings. The van der Waals surface area contributed by atoms with Gasteiger partial charge < -0.3 is 9.57 Å². The fraction of sp³-hybridized carbons (Fsp3) is 0.417. The number of carbonyl (C=O) groups excluding carboxylic acids is 1. The van der Waals surface area contributed by atoms with Crippen molar-refractivity contribution < 1.29 is 14.4 Å². The summed E-state index contributed by atoms with van der Waals surface area (Å²) in [4.78, 5) is 16.3. The summed E-state index contributed by atoms with van der Waals surface area (Å²) >= 11 is 0. The number of esters is 1. The van der Waals surface area contributed by atoms with E-state index >= 15 is 0 Å². The third-order valence-corrected chi connectivity index (χ3v) is 2.14. The van der Waals surface area contributed by atoms with Crippen LogP contribution >= 0.6 is 0 Å². The molecule has 1 unspecified atom stereocenters. The minimum atomic E-state index is -0.235. The molecule has 16 heavy (non-hydrogen) atoms. The van der Waals surface area contributed by atoms with Gasteiger partial charge in [0.25, 0.3) is 0 Å². The van der Waals surface area contributed by atoms with Crippen LogP contribution in [0, 0.1) is 0 Å². The van der Waals surface area contributed by atoms with Crippen molar-refractivity contribution in [3.8, 4) is 0 Å². The van der Waals surface area contributed by atoms with Crippen molar-refractivity contribution in [2.45, 2.75) is 19.4 Å². The first kappa shape index (κ1) is 12.7. The van der Waals surface area contributed by atoms with Crippen LogP contribution in [0.1, 0.15) is 24.9 Å². The predicted octanol–water partition coefficient (Wildman–Crippen LogP) is 1.83. The summed E-state index contributed by atoms with van der Waals surface area (Å²) in [6, 6.07) is 9.48. The van der Waals surface area contributed by atoms with Gasteiger partial charge in [0.1, 0.15) is 0 Å². The average molecular weight is 223 g/mol. The van der Waals surface area contributed by atoms with Crippen molar-refractivity contribution in [2.24, 2.45) is 0 Å². The Labute approximate surface area is 95.5 Å². The molecule has 4 heteroatoms. The lowest BCUT2D eigenvalue weighted by atomic mass is 10.1. The van der Waals surface area contributed by atoms with Gasteiger partial charge in [-0.2, -0.15) is 5.48 Å². The highest BCUT2D eigenvalue weighted by molar-refractivity contribution is 5.70. The Morgan fingerprint density at radius 2 is 2.06 bits per heavy atom. The summed E-state index contributed by atoms with van der Waals surface area (Å²) in [5.41, 5.74) is 3.78. The maximum absolute atomic E-state index is 11.4. The highest BCUT2D eigenvalue weighted by atomic mass is 16.6. The number of hydrogen-bond acceptors (Lipinski definition) is 4. The van der Waals surface area contributed by atoms with Crippen LogP contribution in [0.25, 0.3) is 0 Å². The number of ether oxygens (including phenoxy) is 1. The van der Waals surface area contributed by atoms with Gasteiger partial charge in [-0.25, -0.2) is 0 Å². The number of hydrogen-bond donors (Lipinski definition) is 1. The molecule has 0 amide bonds. The first-order valence-corrected chi connectivity index (χ1v) is 5.27. The van der Waals surface area contributed by atoms with Gasteiger partial charge >= 0.3 is 5.97 Å². The van der Waals surface area contributed by atoms with Crippen LogP contribution in [0.4, 0.5) is 0 Å². The molecule has 1 rings (SSSR count). The largest absolute Gasteiger partial charge is 0.466 e. The van der Waals surface area contributed by atoms with Gasteiger partial charge in [0.2, 0.25) is 0 Å². The smallest absolute Gasteiger partial charge is 0.307 e. The summed E-state index contributed by atoms with van der Waals surface area (Å²) in [5, 5.41) is 0. The minimum Gasteiger partial charge on any atom is -0.466 e. The molecule has 0 spiro atoms. The Hall–Kier alpha value is -1.39. The molecule has 0 aromatic heterocycles. The molecule has 0 saturated heterocycles. The van der Waals surface area contributed by atoms with Gasteiger partial charge in [-0.3, -0.25) is 4.79 Å². The normalized spacial score (nSPS) is 12.1. The molecule has 0 fully saturated rings. The third kappa shape index (κ3) is 4.00. The first-order valence-electron chi connectivity index (χ1n) is 5.27. The fourth-order valence-corrected chi connectivity index (χ4v) is 1.44. The lowest BCUT2D eigenvalue weighted by Gasteiger charge is -2.16. The zero-order valence-corrected chi connectivity index (χ0v) is 9.60. The number of rotatable bonds is 6. The van der Waals surface area contributed by atoms with Gasteiger partial charge in [0, 0.05) is 0 Å². The number of carbonyl (C=O) groups is 1. The van der Waals surface area contributed by atoms with Crippen LogP contribution in [0.3, 0.4) is 0 Å². The van der Waals surface area contributed by atoms with Crippen molar-refractivity contribution in [2.75, 3.05) is 13.7 Å². The molecule has 88 valence electrons. The monoisotopic (exact) mass is 223 g/mol. The molecule has 0 bridgehead atoms. The Bertz CT molecular complexity index is 313. The van der Waals surface area contributed by atoms with E-state index in [1.165, 1.54) is 7.11 Å². The third-order valence-electron chi connectivity index (χ3n) is 2.14. The molecule has 1 atom stereocenters. The molecule has 1 aromatic rings. The van der Waals surface area contributed by atoms with E-state index in [2.05, 4.69) is 5.48 Å². The summed E-state index contributed by atoms with van der Waals surface area (Å²) in [5.74, 6) is -0.235. The molecule has 0 saturated carbocycles. The van der Waals surface area contributed by atoms with Crippen molar-refractivity contribution in [1.29, 1.82) is 0 Å². The van der Waals surface area contributed by atoms with E-state index < -0.39 is 0 Å². The first-order chi connectivity index (χ1) is 7.77. The zero-order valence-electron chi connectivity index (χ0n) is 9.60. The quantitative estimate of drug-likeness (QED) is 0.590. The molecular weight excluding hydrogens is 206 g/mol. The predicted molar refractivity (Wildman–Crippen MR) is 60.6 cm³/mol. The zero-order chi connectivity index (χ0) is 11.8. The molecule has 0 aliphatic carbocycles. The van der Waals surface area contributed by atoms with E-state index in [-0.39, 0.29) is 18.4 Å². The maximum atomic E-state index is 11.4. The van der Waals surface area contributed by atoms with Gasteiger partial charge in [-0.15, -0.1) is 0 Å². The van der Waals surface area contributed by atoms with Crippen LogP contribution in [0.2, 0.25) is 0 Å². The van der Waals surface area contributed by atoms with Crippen molar-refractivity contribution >= 4 is 5.97 Å². The summed E-state index contributed by atoms with van der Waals surface area (Å²) in [6.07, 6.45) is 0.256. The molecule has 0 heterocycles. The fourth-order valence-electron chi connectivity index (χ4n) is 1.44. The van der Waals surface area contributed by atoms with Crippen LogP contribution in [-0.2, 0) is 14.4 Å². The number of benzene rings is 1. The molecule has 1 N–H and O–H groups in total. The van der Waals surface area contributed by atoms with E-state index in [1.807, 2.05) is 30.3 Å². The summed E-state index contributed by atoms with van der Waals surface area (Å²) in [7, 11) is 1.53. The minimum absolute atomic E-state index is 0.176. The van der Waals surface area contributed by atoms with Crippen LogP contribution < -0.4 is 5.48 Å². The Balaban J connectivity index is 2.64. The second-order valence-corrected chi connectivity index (χ2v) is 3.29. The lowest BCUT2D eigenvalue weighted by Crippen LogP contribution is -2.23. The lowest BCUT2D eigenvalue weighted by molar-refractivity contribution is -0.144. The van der Waals surface area contributed by atoms with Crippen LogP contribution in [0.15, 0.2) is 30.3 Å². The van der Waals surface area contributed by atoms with Crippen molar-refractivity contribution in [3.63, 3.8) is 0 Å². The molecule has 4 nitrogen and oxygen atoms in total. The van der Waals surface area contributed by atoms with Crippen molar-refractivity contribution in [3.05, 3.63) is 35.9 Å². The second-order valence-electron chi connectivity index (χ2n) is 3.29. The molecule has 0 radical (unpaired) electrons. The van der Waals surface area contributed by atoms with Gasteiger partial charge in [-0.1, -0.05) is 30.3 Å². The van der Waals surface area contributed by atoms with E-state index in [0.717, 1.165) is 5.56 Å². The summed E-state index contributed by atoms with van der Waals surface area (Å²) in [6.45, 7) is 2.19. The second kappa shape index (κ2) is 6.98. The van der Waals surface area contributed by atoms with Crippen LogP contribution in [0.5, 0.6) is 0 Å². The standard InChI is InChI=1S/C12H17NO3/c1-3-16-12(14)9-11(13-15-2)10-7-5-4-6-8-10/h4-8,11,13H,3,9H2,1-2H3. The number of nitrogens with one attached hydrogen (secondary N) is 1. The van der Waals surface area contributed by atoms with Crippen molar-refractivity contribution in [1.82, 2.24) is 5.48 Å². The Kier molecular flexibility index (Phi) is 5.53. The molecular formula is C12H17NO3. The van der Waals surface area contributed by atoms with E-state index in [1.54, 1.807) is 6.92 Å². The molecule has 1 aromatic carbocycles. The van der Waals surface area contributed by atoms with Crippen LogP contribution in [-0.4, -0.2) is 19.7 Å². The SMILES string of the molecule is CCOC(=O)CC(NOC)c1ccccc1. The Morgan fingerprint density at radius 1 is 1.38 bits per heavy atom. The summed E-state index contributed by atoms with van der Waals surface area (Å²) < 4.78 is 4.91. The van der Waals surface area contributed by atoms with Gasteiger partial charge in [0.05, 0.1) is 26.2 Å². The van der Waals surface area contributed by atoms with Gasteiger partial charge in [-0.05, 0) is 12.5 Å². The Morgan fingerprint density at radius 3 is 2.62 bits per heavy atom. The average Bonchev–Trinajstić information content (AvgIpc) is 2.30.